The molecule has 20 heavy (non-hydrogen) atoms. The van der Waals surface area contributed by atoms with Crippen LogP contribution in [0.3, 0.4) is 0 Å². The molecular formula is C13H23NO5S. The maximum absolute atomic E-state index is 12.5. The van der Waals surface area contributed by atoms with E-state index in [1.54, 1.807) is 0 Å². The molecule has 116 valence electrons. The molecule has 2 aliphatic rings. The molecule has 6 nitrogen and oxygen atoms in total. The molecule has 0 aromatic carbocycles. The van der Waals surface area contributed by atoms with Gasteiger partial charge in [-0.1, -0.05) is 0 Å². The number of hydrogen-bond donors (Lipinski definition) is 1. The molecule has 0 radical (unpaired) electrons. The summed E-state index contributed by atoms with van der Waals surface area (Å²) in [5, 5.41) is 9.09. The van der Waals surface area contributed by atoms with E-state index in [2.05, 4.69) is 0 Å². The quantitative estimate of drug-likeness (QED) is 0.835. The van der Waals surface area contributed by atoms with Crippen molar-refractivity contribution in [3.63, 3.8) is 0 Å². The topological polar surface area (TPSA) is 83.9 Å². The molecule has 2 unspecified atom stereocenters. The molecule has 7 heteroatoms. The lowest BCUT2D eigenvalue weighted by Gasteiger charge is -2.36. The van der Waals surface area contributed by atoms with Crippen molar-refractivity contribution in [1.82, 2.24) is 4.31 Å². The first-order chi connectivity index (χ1) is 9.40. The van der Waals surface area contributed by atoms with E-state index in [0.29, 0.717) is 26.1 Å². The Morgan fingerprint density at radius 3 is 2.50 bits per heavy atom. The SMILES string of the molecule is CC1CCC(C(=O)O)CN1S(=O)(=O)CC1CCOCC1. The summed E-state index contributed by atoms with van der Waals surface area (Å²) in [5.74, 6) is -1.22. The summed E-state index contributed by atoms with van der Waals surface area (Å²) in [4.78, 5) is 11.1. The van der Waals surface area contributed by atoms with Gasteiger partial charge < -0.3 is 9.84 Å². The van der Waals surface area contributed by atoms with E-state index in [1.807, 2.05) is 6.92 Å². The second-order valence-corrected chi connectivity index (χ2v) is 7.83. The number of piperidine rings is 1. The van der Waals surface area contributed by atoms with Crippen LogP contribution in [0.2, 0.25) is 0 Å². The van der Waals surface area contributed by atoms with E-state index in [4.69, 9.17) is 9.84 Å². The number of rotatable bonds is 4. The Bertz CT molecular complexity index is 444. The van der Waals surface area contributed by atoms with Gasteiger partial charge in [-0.2, -0.15) is 4.31 Å². The van der Waals surface area contributed by atoms with Gasteiger partial charge in [0, 0.05) is 25.8 Å². The highest BCUT2D eigenvalue weighted by atomic mass is 32.2. The van der Waals surface area contributed by atoms with Crippen molar-refractivity contribution in [2.24, 2.45) is 11.8 Å². The van der Waals surface area contributed by atoms with Crippen molar-refractivity contribution >= 4 is 16.0 Å². The number of carboxylic acid groups (broad SMARTS) is 1. The van der Waals surface area contributed by atoms with E-state index in [0.717, 1.165) is 12.8 Å². The first-order valence-electron chi connectivity index (χ1n) is 7.20. The van der Waals surface area contributed by atoms with Crippen LogP contribution in [0.1, 0.15) is 32.6 Å². The van der Waals surface area contributed by atoms with Gasteiger partial charge >= 0.3 is 5.97 Å². The molecule has 0 amide bonds. The predicted molar refractivity (Wildman–Crippen MR) is 73.9 cm³/mol. The zero-order chi connectivity index (χ0) is 14.8. The minimum absolute atomic E-state index is 0.101. The van der Waals surface area contributed by atoms with E-state index in [1.165, 1.54) is 4.31 Å². The highest BCUT2D eigenvalue weighted by Gasteiger charge is 2.37. The highest BCUT2D eigenvalue weighted by Crippen LogP contribution is 2.27. The molecule has 0 saturated carbocycles. The Morgan fingerprint density at radius 1 is 1.25 bits per heavy atom. The van der Waals surface area contributed by atoms with Gasteiger partial charge in [0.25, 0.3) is 0 Å². The number of nitrogens with zero attached hydrogens (tertiary/aromatic N) is 1. The fraction of sp³-hybridized carbons (Fsp3) is 0.923. The Labute approximate surface area is 120 Å². The third-order valence-electron chi connectivity index (χ3n) is 4.32. The summed E-state index contributed by atoms with van der Waals surface area (Å²) in [6, 6.07) is -0.101. The molecule has 1 N–H and O–H groups in total. The van der Waals surface area contributed by atoms with Crippen molar-refractivity contribution in [3.8, 4) is 0 Å². The van der Waals surface area contributed by atoms with Gasteiger partial charge in [0.1, 0.15) is 0 Å². The fourth-order valence-electron chi connectivity index (χ4n) is 2.97. The third kappa shape index (κ3) is 3.71. The smallest absolute Gasteiger partial charge is 0.307 e. The van der Waals surface area contributed by atoms with Crippen LogP contribution in [0.15, 0.2) is 0 Å². The van der Waals surface area contributed by atoms with Gasteiger partial charge in [0.2, 0.25) is 10.0 Å². The first kappa shape index (κ1) is 15.7. The summed E-state index contributed by atoms with van der Waals surface area (Å²) >= 11 is 0. The first-order valence-corrected chi connectivity index (χ1v) is 8.81. The number of carboxylic acids is 1. The summed E-state index contributed by atoms with van der Waals surface area (Å²) < 4.78 is 31.7. The van der Waals surface area contributed by atoms with Crippen molar-refractivity contribution in [2.45, 2.75) is 38.6 Å². The maximum atomic E-state index is 12.5. The molecule has 2 saturated heterocycles. The molecular weight excluding hydrogens is 282 g/mol. The van der Waals surface area contributed by atoms with Crippen LogP contribution in [-0.4, -0.2) is 55.4 Å². The number of ether oxygens (including phenoxy) is 1. The standard InChI is InChI=1S/C13H23NO5S/c1-10-2-3-12(13(15)16)8-14(10)20(17,18)9-11-4-6-19-7-5-11/h10-12H,2-9H2,1H3,(H,15,16). The lowest BCUT2D eigenvalue weighted by Crippen LogP contribution is -2.49. The van der Waals surface area contributed by atoms with Crippen molar-refractivity contribution in [1.29, 1.82) is 0 Å². The van der Waals surface area contributed by atoms with Gasteiger partial charge in [-0.25, -0.2) is 8.42 Å². The molecule has 0 aromatic rings. The summed E-state index contributed by atoms with van der Waals surface area (Å²) in [6.45, 7) is 3.21. The zero-order valence-electron chi connectivity index (χ0n) is 11.8. The second-order valence-electron chi connectivity index (χ2n) is 5.87. The van der Waals surface area contributed by atoms with Crippen LogP contribution < -0.4 is 0 Å². The van der Waals surface area contributed by atoms with Gasteiger partial charge in [-0.15, -0.1) is 0 Å². The largest absolute Gasteiger partial charge is 0.481 e. The third-order valence-corrected chi connectivity index (χ3v) is 6.43. The molecule has 0 bridgehead atoms. The van der Waals surface area contributed by atoms with Crippen molar-refractivity contribution in [2.75, 3.05) is 25.5 Å². The van der Waals surface area contributed by atoms with Crippen molar-refractivity contribution in [3.05, 3.63) is 0 Å². The number of sulfonamides is 1. The maximum Gasteiger partial charge on any atom is 0.307 e. The second kappa shape index (κ2) is 6.41. The number of aliphatic carboxylic acids is 1. The summed E-state index contributed by atoms with van der Waals surface area (Å²) in [6.07, 6.45) is 2.71. The zero-order valence-corrected chi connectivity index (χ0v) is 12.6. The van der Waals surface area contributed by atoms with Crippen LogP contribution in [-0.2, 0) is 19.6 Å². The van der Waals surface area contributed by atoms with Gasteiger partial charge in [-0.3, -0.25) is 4.79 Å². The Hall–Kier alpha value is -0.660. The highest BCUT2D eigenvalue weighted by molar-refractivity contribution is 7.89. The van der Waals surface area contributed by atoms with E-state index < -0.39 is 21.9 Å². The average molecular weight is 305 g/mol. The average Bonchev–Trinajstić information content (AvgIpc) is 2.39. The molecule has 2 fully saturated rings. The van der Waals surface area contributed by atoms with Crippen LogP contribution >= 0.6 is 0 Å². The lowest BCUT2D eigenvalue weighted by molar-refractivity contribution is -0.143. The number of carbonyl (C=O) groups is 1. The molecule has 2 atom stereocenters. The van der Waals surface area contributed by atoms with Crippen LogP contribution in [0.5, 0.6) is 0 Å². The minimum atomic E-state index is -3.38. The molecule has 0 aromatic heterocycles. The monoisotopic (exact) mass is 305 g/mol. The van der Waals surface area contributed by atoms with Crippen LogP contribution in [0, 0.1) is 11.8 Å². The van der Waals surface area contributed by atoms with E-state index >= 15 is 0 Å². The van der Waals surface area contributed by atoms with Crippen LogP contribution in [0.4, 0.5) is 0 Å². The lowest BCUT2D eigenvalue weighted by atomic mass is 9.96. The van der Waals surface area contributed by atoms with Crippen molar-refractivity contribution < 1.29 is 23.1 Å². The van der Waals surface area contributed by atoms with Crippen LogP contribution in [0.25, 0.3) is 0 Å². The van der Waals surface area contributed by atoms with Gasteiger partial charge in [0.15, 0.2) is 0 Å². The van der Waals surface area contributed by atoms with E-state index in [9.17, 15) is 13.2 Å². The Kier molecular flexibility index (Phi) is 5.04. The summed E-state index contributed by atoms with van der Waals surface area (Å²) in [7, 11) is -3.38. The van der Waals surface area contributed by atoms with E-state index in [-0.39, 0.29) is 24.3 Å². The normalized spacial score (nSPS) is 30.2. The molecule has 2 aliphatic heterocycles. The summed E-state index contributed by atoms with van der Waals surface area (Å²) in [5.41, 5.74) is 0. The Balaban J connectivity index is 2.04. The predicted octanol–water partition coefficient (Wildman–Crippen LogP) is 0.928. The fourth-order valence-corrected chi connectivity index (χ4v) is 5.15. The molecule has 0 spiro atoms. The minimum Gasteiger partial charge on any atom is -0.481 e. The molecule has 0 aliphatic carbocycles. The van der Waals surface area contributed by atoms with Gasteiger partial charge in [-0.05, 0) is 38.5 Å². The van der Waals surface area contributed by atoms with Gasteiger partial charge in [0.05, 0.1) is 11.7 Å². The number of hydrogen-bond acceptors (Lipinski definition) is 4. The molecule has 2 rings (SSSR count). The molecule has 2 heterocycles. The Morgan fingerprint density at radius 2 is 1.90 bits per heavy atom.